The molecule has 1 saturated carbocycles. The van der Waals surface area contributed by atoms with Crippen molar-refractivity contribution in [3.05, 3.63) is 59.8 Å². The number of ether oxygens (including phenoxy) is 2. The molecular formula is C25H30N2O3. The Hall–Kier alpha value is -2.82. The molecule has 1 heterocycles. The van der Waals surface area contributed by atoms with Crippen molar-refractivity contribution in [1.82, 2.24) is 9.78 Å². The zero-order valence-electron chi connectivity index (χ0n) is 17.7. The van der Waals surface area contributed by atoms with Crippen LogP contribution in [0, 0.1) is 0 Å². The third kappa shape index (κ3) is 4.66. The van der Waals surface area contributed by atoms with Crippen molar-refractivity contribution in [3.63, 3.8) is 0 Å². The highest BCUT2D eigenvalue weighted by Gasteiger charge is 2.24. The van der Waals surface area contributed by atoms with Crippen LogP contribution >= 0.6 is 0 Å². The zero-order chi connectivity index (χ0) is 20.8. The third-order valence-corrected chi connectivity index (χ3v) is 5.82. The van der Waals surface area contributed by atoms with E-state index in [1.807, 2.05) is 48.5 Å². The second-order valence-electron chi connectivity index (χ2n) is 8.05. The van der Waals surface area contributed by atoms with Crippen molar-refractivity contribution in [2.75, 3.05) is 6.61 Å². The van der Waals surface area contributed by atoms with Gasteiger partial charge in [-0.25, -0.2) is 4.79 Å². The molecule has 0 bridgehead atoms. The Kier molecular flexibility index (Phi) is 6.67. The lowest BCUT2D eigenvalue weighted by Gasteiger charge is -2.19. The second-order valence-corrected chi connectivity index (χ2v) is 8.05. The maximum absolute atomic E-state index is 12.8. The van der Waals surface area contributed by atoms with Gasteiger partial charge in [0.05, 0.1) is 17.8 Å². The molecule has 1 aromatic heterocycles. The van der Waals surface area contributed by atoms with Gasteiger partial charge in [-0.2, -0.15) is 9.78 Å². The van der Waals surface area contributed by atoms with E-state index in [4.69, 9.17) is 14.6 Å². The summed E-state index contributed by atoms with van der Waals surface area (Å²) in [5, 5.41) is 5.77. The number of hydrogen-bond acceptors (Lipinski definition) is 4. The molecule has 0 amide bonds. The molecule has 4 rings (SSSR count). The SMILES string of the molecule is CCCCOC(=O)n1nc(C2CCCCC2)c2ccc(OCc3ccccc3)cc21. The Morgan fingerprint density at radius 1 is 1.10 bits per heavy atom. The van der Waals surface area contributed by atoms with Gasteiger partial charge >= 0.3 is 6.09 Å². The zero-order valence-corrected chi connectivity index (χ0v) is 17.7. The van der Waals surface area contributed by atoms with Gasteiger partial charge in [0.25, 0.3) is 0 Å². The number of carbonyl (C=O) groups is 1. The summed E-state index contributed by atoms with van der Waals surface area (Å²) in [5.74, 6) is 1.13. The van der Waals surface area contributed by atoms with Gasteiger partial charge in [-0.05, 0) is 37.0 Å². The minimum absolute atomic E-state index is 0.405. The molecule has 0 aliphatic heterocycles. The predicted molar refractivity (Wildman–Crippen MR) is 118 cm³/mol. The van der Waals surface area contributed by atoms with Crippen molar-refractivity contribution in [2.45, 2.75) is 64.4 Å². The fourth-order valence-corrected chi connectivity index (χ4v) is 4.13. The van der Waals surface area contributed by atoms with Crippen LogP contribution in [0.2, 0.25) is 0 Å². The van der Waals surface area contributed by atoms with E-state index in [2.05, 4.69) is 6.92 Å². The maximum Gasteiger partial charge on any atom is 0.435 e. The lowest BCUT2D eigenvalue weighted by atomic mass is 9.86. The van der Waals surface area contributed by atoms with Crippen LogP contribution in [0.5, 0.6) is 5.75 Å². The molecule has 0 saturated heterocycles. The fourth-order valence-electron chi connectivity index (χ4n) is 4.13. The van der Waals surface area contributed by atoms with E-state index < -0.39 is 6.09 Å². The van der Waals surface area contributed by atoms with E-state index in [1.165, 1.54) is 23.9 Å². The number of rotatable bonds is 7. The van der Waals surface area contributed by atoms with Gasteiger partial charge < -0.3 is 9.47 Å². The van der Waals surface area contributed by atoms with Crippen molar-refractivity contribution in [2.24, 2.45) is 0 Å². The lowest BCUT2D eigenvalue weighted by Crippen LogP contribution is -2.16. The summed E-state index contributed by atoms with van der Waals surface area (Å²) in [6.07, 6.45) is 7.41. The number of unbranched alkanes of at least 4 members (excludes halogenated alkanes) is 1. The predicted octanol–water partition coefficient (Wildman–Crippen LogP) is 6.45. The molecule has 0 spiro atoms. The van der Waals surface area contributed by atoms with E-state index in [9.17, 15) is 4.79 Å². The Balaban J connectivity index is 1.63. The van der Waals surface area contributed by atoms with Crippen LogP contribution in [0.3, 0.4) is 0 Å². The summed E-state index contributed by atoms with van der Waals surface area (Å²) < 4.78 is 12.9. The molecule has 5 heteroatoms. The maximum atomic E-state index is 12.8. The van der Waals surface area contributed by atoms with Gasteiger partial charge in [0.1, 0.15) is 12.4 Å². The van der Waals surface area contributed by atoms with Gasteiger partial charge in [0, 0.05) is 17.4 Å². The highest BCUT2D eigenvalue weighted by molar-refractivity contribution is 5.91. The Morgan fingerprint density at radius 3 is 2.67 bits per heavy atom. The summed E-state index contributed by atoms with van der Waals surface area (Å²) in [4.78, 5) is 12.8. The largest absolute Gasteiger partial charge is 0.489 e. The number of fused-ring (bicyclic) bond motifs is 1. The topological polar surface area (TPSA) is 53.4 Å². The van der Waals surface area contributed by atoms with Crippen LogP contribution in [0.4, 0.5) is 4.79 Å². The number of benzene rings is 2. The van der Waals surface area contributed by atoms with E-state index >= 15 is 0 Å². The number of hydrogen-bond donors (Lipinski definition) is 0. The molecule has 0 atom stereocenters. The molecule has 0 radical (unpaired) electrons. The highest BCUT2D eigenvalue weighted by Crippen LogP contribution is 2.36. The molecule has 158 valence electrons. The van der Waals surface area contributed by atoms with Gasteiger partial charge in [0.15, 0.2) is 0 Å². The molecular weight excluding hydrogens is 376 g/mol. The van der Waals surface area contributed by atoms with Crippen LogP contribution in [0.1, 0.15) is 69.0 Å². The average molecular weight is 407 g/mol. The first-order valence-corrected chi connectivity index (χ1v) is 11.1. The highest BCUT2D eigenvalue weighted by atomic mass is 16.6. The van der Waals surface area contributed by atoms with Crippen molar-refractivity contribution in [1.29, 1.82) is 0 Å². The molecule has 0 unspecified atom stereocenters. The number of aromatic nitrogens is 2. The van der Waals surface area contributed by atoms with E-state index in [-0.39, 0.29) is 0 Å². The van der Waals surface area contributed by atoms with Gasteiger partial charge in [-0.3, -0.25) is 0 Å². The summed E-state index contributed by atoms with van der Waals surface area (Å²) >= 11 is 0. The minimum Gasteiger partial charge on any atom is -0.489 e. The quantitative estimate of drug-likeness (QED) is 0.423. The van der Waals surface area contributed by atoms with Crippen LogP contribution in [-0.2, 0) is 11.3 Å². The van der Waals surface area contributed by atoms with Crippen molar-refractivity contribution < 1.29 is 14.3 Å². The van der Waals surface area contributed by atoms with E-state index in [0.717, 1.165) is 53.6 Å². The van der Waals surface area contributed by atoms with Crippen molar-refractivity contribution in [3.8, 4) is 5.75 Å². The smallest absolute Gasteiger partial charge is 0.435 e. The Bertz CT molecular complexity index is 975. The first-order chi connectivity index (χ1) is 14.8. The molecule has 0 N–H and O–H groups in total. The first kappa shape index (κ1) is 20.5. The van der Waals surface area contributed by atoms with Crippen LogP contribution in [-0.4, -0.2) is 22.5 Å². The number of carbonyl (C=O) groups excluding carboxylic acids is 1. The van der Waals surface area contributed by atoms with Gasteiger partial charge in [-0.15, -0.1) is 0 Å². The molecule has 2 aromatic carbocycles. The second kappa shape index (κ2) is 9.79. The average Bonchev–Trinajstić information content (AvgIpc) is 3.18. The molecule has 1 aliphatic carbocycles. The fraction of sp³-hybridized carbons (Fsp3) is 0.440. The summed E-state index contributed by atoms with van der Waals surface area (Å²) in [7, 11) is 0. The molecule has 1 fully saturated rings. The third-order valence-electron chi connectivity index (χ3n) is 5.82. The van der Waals surface area contributed by atoms with Gasteiger partial charge in [-0.1, -0.05) is 62.9 Å². The Morgan fingerprint density at radius 2 is 1.90 bits per heavy atom. The molecule has 3 aromatic rings. The molecule has 30 heavy (non-hydrogen) atoms. The van der Waals surface area contributed by atoms with E-state index in [1.54, 1.807) is 0 Å². The summed E-state index contributed by atoms with van der Waals surface area (Å²) in [6, 6.07) is 16.0. The van der Waals surface area contributed by atoms with Crippen LogP contribution in [0.25, 0.3) is 10.9 Å². The van der Waals surface area contributed by atoms with Gasteiger partial charge in [0.2, 0.25) is 0 Å². The van der Waals surface area contributed by atoms with Crippen LogP contribution < -0.4 is 4.74 Å². The Labute approximate surface area is 178 Å². The standard InChI is InChI=1S/C25H30N2O3/c1-2-3-16-29-25(28)27-23-17-21(30-18-19-10-6-4-7-11-19)14-15-22(23)24(26-27)20-12-8-5-9-13-20/h4,6-7,10-11,14-15,17,20H,2-3,5,8-9,12-13,16,18H2,1H3. The van der Waals surface area contributed by atoms with Crippen LogP contribution in [0.15, 0.2) is 48.5 Å². The minimum atomic E-state index is -0.407. The number of nitrogens with zero attached hydrogens (tertiary/aromatic N) is 2. The van der Waals surface area contributed by atoms with E-state index in [0.29, 0.717) is 19.1 Å². The van der Waals surface area contributed by atoms with Crippen molar-refractivity contribution >= 4 is 17.0 Å². The molecule has 1 aliphatic rings. The first-order valence-electron chi connectivity index (χ1n) is 11.1. The normalized spacial score (nSPS) is 14.7. The molecule has 5 nitrogen and oxygen atoms in total. The lowest BCUT2D eigenvalue weighted by molar-refractivity contribution is 0.143. The summed E-state index contributed by atoms with van der Waals surface area (Å²) in [6.45, 7) is 2.98. The summed E-state index contributed by atoms with van der Waals surface area (Å²) in [5.41, 5.74) is 2.89. The monoisotopic (exact) mass is 406 g/mol.